The Bertz CT molecular complexity index is 7130. The quantitative estimate of drug-likeness (QED) is 0.0244. The molecule has 17 heterocycles. The van der Waals surface area contributed by atoms with E-state index in [1.165, 1.54) is 96.5 Å². The number of aliphatic hydroxyl groups is 1. The minimum Gasteiger partial charge on any atom is -0.388 e. The van der Waals surface area contributed by atoms with Crippen LogP contribution in [0, 0.1) is 11.6 Å². The van der Waals surface area contributed by atoms with Gasteiger partial charge >= 0.3 is 0 Å². The van der Waals surface area contributed by atoms with Crippen molar-refractivity contribution in [3.8, 4) is 28.7 Å². The second-order valence-electron chi connectivity index (χ2n) is 32.2. The number of hydrogen-bond acceptors (Lipinski definition) is 31. The molecule has 136 heavy (non-hydrogen) atoms. The zero-order valence-electron chi connectivity index (χ0n) is 74.9. The summed E-state index contributed by atoms with van der Waals surface area (Å²) in [5, 5.41) is 62.2. The van der Waals surface area contributed by atoms with Gasteiger partial charge in [0.15, 0.2) is 86.1 Å². The number of carbonyl (C=O) groups excluding carboxylic acids is 4. The fourth-order valence-electron chi connectivity index (χ4n) is 15.9. The molecule has 45 heteroatoms. The number of nitrogens with zero attached hydrogens (tertiary/aromatic N) is 20. The lowest BCUT2D eigenvalue weighted by Crippen LogP contribution is -2.51. The number of rotatable bonds is 26. The van der Waals surface area contributed by atoms with Crippen molar-refractivity contribution in [1.82, 2.24) is 118 Å². The lowest BCUT2D eigenvalue weighted by molar-refractivity contribution is 0.00717. The Kier molecular flexibility index (Phi) is 26.9. The Morgan fingerprint density at radius 1 is 0.419 bits per heavy atom. The monoisotopic (exact) mass is 1850 g/mol. The second kappa shape index (κ2) is 40.0. The molecule has 0 radical (unpaired) electrons. The zero-order chi connectivity index (χ0) is 95.1. The van der Waals surface area contributed by atoms with Gasteiger partial charge < -0.3 is 87.1 Å². The van der Waals surface area contributed by atoms with Gasteiger partial charge in [0.2, 0.25) is 0 Å². The summed E-state index contributed by atoms with van der Waals surface area (Å²) >= 11 is 0. The molecule has 16 aromatic heterocycles. The number of halogens is 2. The third-order valence-electron chi connectivity index (χ3n) is 23.6. The molecule has 1 saturated heterocycles. The van der Waals surface area contributed by atoms with Crippen molar-refractivity contribution in [2.45, 2.75) is 107 Å². The highest BCUT2D eigenvalue weighted by Gasteiger charge is 2.37. The van der Waals surface area contributed by atoms with Gasteiger partial charge in [0, 0.05) is 134 Å². The average Bonchev–Trinajstić information content (AvgIpc) is 1.60. The van der Waals surface area contributed by atoms with E-state index in [-0.39, 0.29) is 142 Å². The average molecular weight is 1850 g/mol. The molecule has 4 fully saturated rings. The van der Waals surface area contributed by atoms with E-state index in [1.807, 2.05) is 30.5 Å². The van der Waals surface area contributed by atoms with E-state index in [0.717, 1.165) is 69.9 Å². The molecule has 4 amide bonds. The molecule has 0 aromatic carbocycles. The summed E-state index contributed by atoms with van der Waals surface area (Å²) in [5.41, 5.74) is 7.32. The number of ether oxygens (including phenoxy) is 4. The van der Waals surface area contributed by atoms with E-state index in [1.54, 1.807) is 135 Å². The number of aromatic nitrogens is 20. The number of amides is 4. The Balaban J connectivity index is 0.000000126. The predicted octanol–water partition coefficient (Wildman–Crippen LogP) is 8.04. The van der Waals surface area contributed by atoms with E-state index in [9.17, 15) is 47.4 Å². The Morgan fingerprint density at radius 2 is 0.801 bits per heavy atom. The molecule has 43 nitrogen and oxygen atoms in total. The molecular formula is C91H95F2N31O12. The smallest absolute Gasteiger partial charge is 0.280 e. The Labute approximate surface area is 771 Å². The number of pyridine rings is 7. The van der Waals surface area contributed by atoms with E-state index >= 15 is 0 Å². The number of anilines is 10. The van der Waals surface area contributed by atoms with Crippen molar-refractivity contribution >= 4 is 115 Å². The zero-order valence-corrected chi connectivity index (χ0v) is 74.9. The maximum atomic E-state index is 14.2. The molecule has 1 aliphatic heterocycles. The Morgan fingerprint density at radius 3 is 1.17 bits per heavy atom. The van der Waals surface area contributed by atoms with E-state index < -0.39 is 34.9 Å². The molecule has 8 atom stereocenters. The highest BCUT2D eigenvalue weighted by atomic mass is 19.1. The molecule has 3 saturated carbocycles. The summed E-state index contributed by atoms with van der Waals surface area (Å²) in [6.45, 7) is 4.68. The summed E-state index contributed by atoms with van der Waals surface area (Å²) in [4.78, 5) is 125. The first-order valence-corrected chi connectivity index (χ1v) is 43.5. The highest BCUT2D eigenvalue weighted by Crippen LogP contribution is 2.35. The number of hydrogen-bond donors (Lipinski definition) is 12. The molecule has 0 bridgehead atoms. The lowest BCUT2D eigenvalue weighted by Gasteiger charge is -2.35. The van der Waals surface area contributed by atoms with Gasteiger partial charge in [-0.05, 0) is 143 Å². The standard InChI is InChI=1S/2C23H23FN8O3.C23H24N8O3.C22H25N7O3/c2*1-25-16-11-19(28-15-6-4-10-31(23(15)34)20-13(24)5-3-9-26-20)30-32-17(12-27-21(16)32)22(33)29-14-7-8-18(14)35-2;1-24-16-12-19(27-15-6-5-11-30(23(15)33)20-7-3-4-10-25-20)29-31-17(13-26-21(16)31)22(32)28-14-8-9-18(14)34-2;1-12(2)28-9-14(13-5-4-6-24-20(13)28)15-7-16(23-3)21-25-8-18(29(21)27-15)22(31)26-17-10-32-11-19(17)30/h2*3-6,9-12,14,18,25H,7-8H2,1-2H3,(H,28,30)(H,29,33);3-7,10-14,18,24H,8-9H2,1-2H3,(H,27,29)(H,28,32);4-9,12,17,19,23,30H,10-11H2,1-3H3,(H,26,31)/t3*14-,18-;17-,19+/m1000/s1. The normalized spacial score (nSPS) is 17.5. The van der Waals surface area contributed by atoms with Gasteiger partial charge in [0.1, 0.15) is 28.5 Å². The van der Waals surface area contributed by atoms with Gasteiger partial charge in [-0.25, -0.2) is 66.7 Å². The SMILES string of the molecule is CNc1cc(-c2cn(C(C)C)c3ncccc23)nn2c(C(=O)N[C@H]3COC[C@H]3O)cnc12.CNc1cc(Nc2cccn(-c3ccccn3)c2=O)nn2c(C(=O)N[C@H]3CC[C@@H]3OC)cnc12.CNc1cc(Nc2cccn(-c3ncccc3F)c2=O)nn2c(C(=O)N[C@@H]3CC[C@H]3OC)cnc12.CNc1cc(Nc2cccn(-c3ncccc3F)c2=O)nn2c(C(=O)N[C@H]3CC[C@@H]3OC)cnc12. The van der Waals surface area contributed by atoms with Gasteiger partial charge in [0.05, 0.1) is 115 Å². The third-order valence-corrected chi connectivity index (χ3v) is 23.6. The summed E-state index contributed by atoms with van der Waals surface area (Å²) in [6, 6.07) is 30.9. The largest absolute Gasteiger partial charge is 0.388 e. The van der Waals surface area contributed by atoms with E-state index in [2.05, 4.69) is 132 Å². The summed E-state index contributed by atoms with van der Waals surface area (Å²) in [7, 11) is 11.9. The second-order valence-corrected chi connectivity index (χ2v) is 32.2. The number of imidazole rings is 4. The van der Waals surface area contributed by atoms with Crippen LogP contribution in [0.4, 0.5) is 66.0 Å². The van der Waals surface area contributed by atoms with Gasteiger partial charge in [-0.15, -0.1) is 15.3 Å². The number of nitrogens with one attached hydrogen (secondary N) is 11. The van der Waals surface area contributed by atoms with Crippen LogP contribution in [0.2, 0.25) is 0 Å². The summed E-state index contributed by atoms with van der Waals surface area (Å²) in [6.07, 6.45) is 23.1. The molecule has 700 valence electrons. The molecule has 4 aliphatic rings. The van der Waals surface area contributed by atoms with Crippen molar-refractivity contribution in [2.24, 2.45) is 0 Å². The maximum absolute atomic E-state index is 14.2. The lowest BCUT2D eigenvalue weighted by atomic mass is 9.89. The molecule has 20 rings (SSSR count). The Hall–Kier alpha value is -16.4. The number of fused-ring (bicyclic) bond motifs is 5. The summed E-state index contributed by atoms with van der Waals surface area (Å²) < 4.78 is 61.3. The molecular weight excluding hydrogens is 1760 g/mol. The molecule has 0 unspecified atom stereocenters. The number of carbonyl (C=O) groups is 4. The van der Waals surface area contributed by atoms with Crippen LogP contribution >= 0.6 is 0 Å². The van der Waals surface area contributed by atoms with Crippen molar-refractivity contribution < 1.29 is 52.0 Å². The molecule has 0 spiro atoms. The first kappa shape index (κ1) is 91.5. The van der Waals surface area contributed by atoms with Crippen molar-refractivity contribution in [3.63, 3.8) is 0 Å². The predicted molar refractivity (Wildman–Crippen MR) is 500 cm³/mol. The van der Waals surface area contributed by atoms with Crippen molar-refractivity contribution in [3.05, 3.63) is 255 Å². The van der Waals surface area contributed by atoms with E-state index in [4.69, 9.17) is 24.0 Å². The van der Waals surface area contributed by atoms with Crippen LogP contribution in [-0.4, -0.2) is 237 Å². The topological polar surface area (TPSA) is 501 Å². The van der Waals surface area contributed by atoms with Crippen LogP contribution in [0.1, 0.15) is 100 Å². The fourth-order valence-corrected chi connectivity index (χ4v) is 15.9. The van der Waals surface area contributed by atoms with Gasteiger partial charge in [-0.3, -0.25) is 47.3 Å². The third kappa shape index (κ3) is 18.6. The molecule has 16 aromatic rings. The first-order valence-electron chi connectivity index (χ1n) is 43.5. The number of aliphatic hydroxyl groups excluding tert-OH is 1. The van der Waals surface area contributed by atoms with Crippen molar-refractivity contribution in [1.29, 1.82) is 0 Å². The van der Waals surface area contributed by atoms with Crippen LogP contribution in [0.5, 0.6) is 0 Å². The number of methoxy groups -OCH3 is 3. The van der Waals surface area contributed by atoms with E-state index in [0.29, 0.717) is 62.7 Å². The van der Waals surface area contributed by atoms with Crippen LogP contribution in [-0.2, 0) is 18.9 Å². The van der Waals surface area contributed by atoms with Crippen LogP contribution < -0.4 is 75.2 Å². The van der Waals surface area contributed by atoms with Crippen LogP contribution in [0.3, 0.4) is 0 Å². The molecule has 3 aliphatic carbocycles. The van der Waals surface area contributed by atoms with Gasteiger partial charge in [0.25, 0.3) is 40.3 Å². The van der Waals surface area contributed by atoms with Crippen LogP contribution in [0.15, 0.2) is 204 Å². The minimum absolute atomic E-state index is 0.0135. The fraction of sp³-hybridized carbons (Fsp3) is 0.286. The van der Waals surface area contributed by atoms with Crippen LogP contribution in [0.25, 0.3) is 62.3 Å². The van der Waals surface area contributed by atoms with Crippen molar-refractivity contribution in [2.75, 3.05) is 100.0 Å². The minimum atomic E-state index is -0.732. The molecule has 12 N–H and O–H groups in total. The van der Waals surface area contributed by atoms with Gasteiger partial charge in [-0.2, -0.15) is 5.10 Å². The highest BCUT2D eigenvalue weighted by molar-refractivity contribution is 5.98. The van der Waals surface area contributed by atoms with Gasteiger partial charge in [-0.1, -0.05) is 6.07 Å². The maximum Gasteiger partial charge on any atom is 0.280 e. The summed E-state index contributed by atoms with van der Waals surface area (Å²) in [5.74, 6) is -1.35. The first-order chi connectivity index (χ1) is 66.0.